The lowest BCUT2D eigenvalue weighted by atomic mass is 9.80. The van der Waals surface area contributed by atoms with Gasteiger partial charge in [0.1, 0.15) is 5.82 Å². The molecule has 2 aromatic carbocycles. The number of hydrogen-bond acceptors (Lipinski definition) is 3. The summed E-state index contributed by atoms with van der Waals surface area (Å²) >= 11 is 0. The van der Waals surface area contributed by atoms with Gasteiger partial charge < -0.3 is 15.4 Å². The number of carbonyl (C=O) groups excluding carboxylic acids is 1. The van der Waals surface area contributed by atoms with E-state index in [0.717, 1.165) is 0 Å². The average Bonchev–Trinajstić information content (AvgIpc) is 2.39. The van der Waals surface area contributed by atoms with E-state index in [0.29, 0.717) is 5.69 Å². The van der Waals surface area contributed by atoms with Gasteiger partial charge in [-0.3, -0.25) is 4.79 Å². The average molecular weight is 259 g/mol. The van der Waals surface area contributed by atoms with E-state index >= 15 is 0 Å². The number of nitrogens with one attached hydrogen (secondary N) is 1. The summed E-state index contributed by atoms with van der Waals surface area (Å²) in [5.41, 5.74) is 0.530. The number of hydrogen-bond donors (Lipinski definition) is 3. The molecule has 6 heteroatoms. The van der Waals surface area contributed by atoms with Gasteiger partial charge >= 0.3 is 7.12 Å². The zero-order chi connectivity index (χ0) is 13.8. The molecular weight excluding hydrogens is 248 g/mol. The zero-order valence-electron chi connectivity index (χ0n) is 9.88. The highest BCUT2D eigenvalue weighted by molar-refractivity contribution is 6.58. The van der Waals surface area contributed by atoms with Gasteiger partial charge in [0.2, 0.25) is 0 Å². The van der Waals surface area contributed by atoms with Crippen molar-refractivity contribution in [1.29, 1.82) is 0 Å². The van der Waals surface area contributed by atoms with Gasteiger partial charge in [-0.05, 0) is 29.7 Å². The Kier molecular flexibility index (Phi) is 3.94. The Morgan fingerprint density at radius 3 is 2.53 bits per heavy atom. The number of amides is 1. The fourth-order valence-corrected chi connectivity index (χ4v) is 1.62. The molecular formula is C13H11BFNO3. The van der Waals surface area contributed by atoms with Gasteiger partial charge in [-0.15, -0.1) is 0 Å². The van der Waals surface area contributed by atoms with Crippen molar-refractivity contribution in [2.24, 2.45) is 0 Å². The molecule has 0 heterocycles. The van der Waals surface area contributed by atoms with E-state index in [-0.39, 0.29) is 11.0 Å². The molecule has 0 atom stereocenters. The van der Waals surface area contributed by atoms with Gasteiger partial charge in [-0.2, -0.15) is 0 Å². The lowest BCUT2D eigenvalue weighted by Crippen LogP contribution is -2.30. The second-order valence-corrected chi connectivity index (χ2v) is 3.93. The van der Waals surface area contributed by atoms with Gasteiger partial charge in [0, 0.05) is 5.69 Å². The molecule has 0 aliphatic carbocycles. The summed E-state index contributed by atoms with van der Waals surface area (Å²) in [7, 11) is -1.62. The summed E-state index contributed by atoms with van der Waals surface area (Å²) in [4.78, 5) is 11.8. The topological polar surface area (TPSA) is 69.6 Å². The summed E-state index contributed by atoms with van der Waals surface area (Å²) in [5, 5.41) is 20.5. The minimum Gasteiger partial charge on any atom is -0.423 e. The maximum atomic E-state index is 13.4. The maximum Gasteiger partial charge on any atom is 0.488 e. The first-order valence-corrected chi connectivity index (χ1v) is 5.60. The second-order valence-electron chi connectivity index (χ2n) is 3.93. The molecule has 3 N–H and O–H groups in total. The van der Waals surface area contributed by atoms with Crippen LogP contribution in [0.15, 0.2) is 48.5 Å². The third kappa shape index (κ3) is 3.18. The van der Waals surface area contributed by atoms with E-state index in [9.17, 15) is 9.18 Å². The van der Waals surface area contributed by atoms with E-state index in [1.54, 1.807) is 18.2 Å². The van der Waals surface area contributed by atoms with Gasteiger partial charge in [0.15, 0.2) is 0 Å². The number of carbonyl (C=O) groups is 1. The third-order valence-corrected chi connectivity index (χ3v) is 2.56. The first kappa shape index (κ1) is 13.3. The maximum absolute atomic E-state index is 13.4. The smallest absolute Gasteiger partial charge is 0.423 e. The number of rotatable bonds is 3. The molecule has 0 saturated heterocycles. The lowest BCUT2D eigenvalue weighted by Gasteiger charge is -2.07. The van der Waals surface area contributed by atoms with Gasteiger partial charge in [-0.1, -0.05) is 24.3 Å². The van der Waals surface area contributed by atoms with Crippen molar-refractivity contribution in [3.63, 3.8) is 0 Å². The highest BCUT2D eigenvalue weighted by Gasteiger charge is 2.14. The predicted octanol–water partition coefficient (Wildman–Crippen LogP) is 0.758. The zero-order valence-corrected chi connectivity index (χ0v) is 9.88. The van der Waals surface area contributed by atoms with Crippen molar-refractivity contribution in [3.05, 3.63) is 59.9 Å². The van der Waals surface area contributed by atoms with Gasteiger partial charge in [0.25, 0.3) is 5.91 Å². The summed E-state index contributed by atoms with van der Waals surface area (Å²) in [5.74, 6) is -1.21. The second kappa shape index (κ2) is 5.64. The Hall–Kier alpha value is -2.18. The Bertz CT molecular complexity index is 604. The molecule has 1 amide bonds. The molecule has 0 spiro atoms. The van der Waals surface area contributed by atoms with Crippen LogP contribution in [-0.2, 0) is 0 Å². The molecule has 0 saturated carbocycles. The number of benzene rings is 2. The highest BCUT2D eigenvalue weighted by Crippen LogP contribution is 2.11. The summed E-state index contributed by atoms with van der Waals surface area (Å²) in [6.45, 7) is 0. The van der Waals surface area contributed by atoms with E-state index < -0.39 is 18.8 Å². The van der Waals surface area contributed by atoms with Crippen LogP contribution in [0.4, 0.5) is 10.1 Å². The first-order chi connectivity index (χ1) is 9.08. The lowest BCUT2D eigenvalue weighted by molar-refractivity contribution is 0.102. The summed E-state index contributed by atoms with van der Waals surface area (Å²) in [6.07, 6.45) is 0. The van der Waals surface area contributed by atoms with E-state index in [4.69, 9.17) is 10.0 Å². The molecule has 4 nitrogen and oxygen atoms in total. The molecule has 2 aromatic rings. The van der Waals surface area contributed by atoms with Crippen LogP contribution >= 0.6 is 0 Å². The molecule has 0 aliphatic heterocycles. The van der Waals surface area contributed by atoms with E-state index in [2.05, 4.69) is 5.32 Å². The van der Waals surface area contributed by atoms with Crippen molar-refractivity contribution in [3.8, 4) is 0 Å². The minimum absolute atomic E-state index is 0.0718. The molecule has 0 aliphatic rings. The van der Waals surface area contributed by atoms with Crippen LogP contribution in [0.3, 0.4) is 0 Å². The largest absolute Gasteiger partial charge is 0.488 e. The fourth-order valence-electron chi connectivity index (χ4n) is 1.62. The molecule has 2 rings (SSSR count). The van der Waals surface area contributed by atoms with E-state index in [1.807, 2.05) is 0 Å². The fraction of sp³-hybridized carbons (Fsp3) is 0. The summed E-state index contributed by atoms with van der Waals surface area (Å²) in [6, 6.07) is 11.7. The Labute approximate surface area is 109 Å². The van der Waals surface area contributed by atoms with Gasteiger partial charge in [0.05, 0.1) is 5.56 Å². The molecule has 0 unspecified atom stereocenters. The molecule has 0 fully saturated rings. The van der Waals surface area contributed by atoms with Crippen molar-refractivity contribution in [1.82, 2.24) is 0 Å². The Morgan fingerprint density at radius 2 is 1.84 bits per heavy atom. The molecule has 0 radical (unpaired) electrons. The molecule has 19 heavy (non-hydrogen) atoms. The normalized spacial score (nSPS) is 10.1. The first-order valence-electron chi connectivity index (χ1n) is 5.60. The third-order valence-electron chi connectivity index (χ3n) is 2.56. The van der Waals surface area contributed by atoms with E-state index in [1.165, 1.54) is 30.3 Å². The van der Waals surface area contributed by atoms with Crippen LogP contribution in [-0.4, -0.2) is 23.1 Å². The van der Waals surface area contributed by atoms with Crippen LogP contribution in [0.2, 0.25) is 0 Å². The number of halogens is 1. The SMILES string of the molecule is O=C(Nc1cccc(B(O)O)c1)c1ccccc1F. The molecule has 0 bridgehead atoms. The molecule has 96 valence electrons. The number of anilines is 1. The van der Waals surface area contributed by atoms with Crippen molar-refractivity contribution in [2.45, 2.75) is 0 Å². The Morgan fingerprint density at radius 1 is 1.11 bits per heavy atom. The quantitative estimate of drug-likeness (QED) is 0.712. The minimum atomic E-state index is -1.62. The summed E-state index contributed by atoms with van der Waals surface area (Å²) < 4.78 is 13.4. The van der Waals surface area contributed by atoms with Crippen molar-refractivity contribution < 1.29 is 19.2 Å². The van der Waals surface area contributed by atoms with Crippen molar-refractivity contribution >= 4 is 24.2 Å². The highest BCUT2D eigenvalue weighted by atomic mass is 19.1. The Balaban J connectivity index is 2.20. The van der Waals surface area contributed by atoms with Crippen LogP contribution in [0, 0.1) is 5.82 Å². The van der Waals surface area contributed by atoms with Crippen LogP contribution in [0.5, 0.6) is 0 Å². The standard InChI is InChI=1S/C13H11BFNO3/c15-12-7-2-1-6-11(12)13(17)16-10-5-3-4-9(8-10)14(18)19/h1-8,18-19H,(H,16,17). The molecule has 0 aromatic heterocycles. The monoisotopic (exact) mass is 259 g/mol. The van der Waals surface area contributed by atoms with Crippen LogP contribution < -0.4 is 10.8 Å². The predicted molar refractivity (Wildman–Crippen MR) is 70.6 cm³/mol. The van der Waals surface area contributed by atoms with Crippen molar-refractivity contribution in [2.75, 3.05) is 5.32 Å². The van der Waals surface area contributed by atoms with Crippen LogP contribution in [0.25, 0.3) is 0 Å². The van der Waals surface area contributed by atoms with Crippen LogP contribution in [0.1, 0.15) is 10.4 Å². The van der Waals surface area contributed by atoms with Gasteiger partial charge in [-0.25, -0.2) is 4.39 Å².